The van der Waals surface area contributed by atoms with Gasteiger partial charge in [0.05, 0.1) is 4.92 Å². The Bertz CT molecular complexity index is 487. The molecule has 2 rings (SSSR count). The van der Waals surface area contributed by atoms with Gasteiger partial charge in [0.25, 0.3) is 5.69 Å². The van der Waals surface area contributed by atoms with Crippen molar-refractivity contribution in [2.75, 3.05) is 19.0 Å². The highest BCUT2D eigenvalue weighted by Crippen LogP contribution is 2.27. The molecule has 0 radical (unpaired) electrons. The van der Waals surface area contributed by atoms with Crippen molar-refractivity contribution >= 4 is 11.4 Å². The van der Waals surface area contributed by atoms with E-state index in [1.165, 1.54) is 38.2 Å². The van der Waals surface area contributed by atoms with Crippen LogP contribution in [0.1, 0.15) is 37.7 Å². The summed E-state index contributed by atoms with van der Waals surface area (Å²) >= 11 is 0. The zero-order valence-electron chi connectivity index (χ0n) is 12.5. The molecule has 1 aliphatic carbocycles. The van der Waals surface area contributed by atoms with Gasteiger partial charge in [-0.05, 0) is 37.4 Å². The van der Waals surface area contributed by atoms with Crippen LogP contribution in [0.5, 0.6) is 0 Å². The summed E-state index contributed by atoms with van der Waals surface area (Å²) in [5, 5.41) is 10.9. The number of hydrazine groups is 1. The quantitative estimate of drug-likeness (QED) is 0.478. The van der Waals surface area contributed by atoms with Crippen molar-refractivity contribution in [2.45, 2.75) is 38.6 Å². The Labute approximate surface area is 125 Å². The molecule has 116 valence electrons. The van der Waals surface area contributed by atoms with Gasteiger partial charge >= 0.3 is 0 Å². The number of hydrogen-bond donors (Lipinski definition) is 2. The van der Waals surface area contributed by atoms with E-state index in [1.807, 2.05) is 0 Å². The van der Waals surface area contributed by atoms with Crippen LogP contribution in [0, 0.1) is 16.0 Å². The first-order valence-electron chi connectivity index (χ1n) is 7.52. The number of nitrogens with one attached hydrogen (secondary N) is 1. The van der Waals surface area contributed by atoms with Crippen LogP contribution in [0.2, 0.25) is 0 Å². The first-order chi connectivity index (χ1) is 10.1. The summed E-state index contributed by atoms with van der Waals surface area (Å²) in [6.45, 7) is 1.87. The van der Waals surface area contributed by atoms with Crippen molar-refractivity contribution in [3.63, 3.8) is 0 Å². The highest BCUT2D eigenvalue weighted by molar-refractivity contribution is 5.62. The summed E-state index contributed by atoms with van der Waals surface area (Å²) < 4.78 is 0. The van der Waals surface area contributed by atoms with Crippen LogP contribution in [-0.4, -0.2) is 23.4 Å². The molecular weight excluding hydrogens is 268 g/mol. The van der Waals surface area contributed by atoms with Gasteiger partial charge < -0.3 is 10.3 Å². The smallest absolute Gasteiger partial charge is 0.293 e. The zero-order chi connectivity index (χ0) is 15.2. The maximum absolute atomic E-state index is 10.9. The molecule has 0 saturated heterocycles. The second-order valence-electron chi connectivity index (χ2n) is 5.95. The number of rotatable bonds is 6. The van der Waals surface area contributed by atoms with Crippen LogP contribution in [0.4, 0.5) is 11.4 Å². The first-order valence-corrected chi connectivity index (χ1v) is 7.52. The number of hydrogen-bond acceptors (Lipinski definition) is 5. The average Bonchev–Trinajstić information content (AvgIpc) is 2.47. The van der Waals surface area contributed by atoms with Gasteiger partial charge in [0.1, 0.15) is 5.69 Å². The molecule has 6 nitrogen and oxygen atoms in total. The topological polar surface area (TPSA) is 84.4 Å². The predicted molar refractivity (Wildman–Crippen MR) is 83.8 cm³/mol. The number of nitro benzene ring substituents is 1. The molecule has 0 atom stereocenters. The Kier molecular flexibility index (Phi) is 5.52. The third-order valence-electron chi connectivity index (χ3n) is 4.16. The van der Waals surface area contributed by atoms with Gasteiger partial charge in [-0.25, -0.2) is 0 Å². The number of anilines is 1. The SMILES string of the molecule is CN(Cc1ccc([N+](=O)[O-])c(NN)c1)CC1CCCCC1. The fourth-order valence-electron chi connectivity index (χ4n) is 3.14. The van der Waals surface area contributed by atoms with E-state index in [0.717, 1.165) is 24.6 Å². The molecule has 3 N–H and O–H groups in total. The molecule has 0 spiro atoms. The minimum absolute atomic E-state index is 0.0104. The molecule has 1 fully saturated rings. The summed E-state index contributed by atoms with van der Waals surface area (Å²) in [6, 6.07) is 5.07. The lowest BCUT2D eigenvalue weighted by atomic mass is 9.89. The van der Waals surface area contributed by atoms with Gasteiger partial charge in [-0.2, -0.15) is 0 Å². The highest BCUT2D eigenvalue weighted by Gasteiger charge is 2.17. The summed E-state index contributed by atoms with van der Waals surface area (Å²) in [5.41, 5.74) is 3.82. The number of nitrogens with two attached hydrogens (primary N) is 1. The van der Waals surface area contributed by atoms with Crippen molar-refractivity contribution in [1.29, 1.82) is 0 Å². The van der Waals surface area contributed by atoms with E-state index in [2.05, 4.69) is 17.4 Å². The molecule has 0 amide bonds. The summed E-state index contributed by atoms with van der Waals surface area (Å²) in [4.78, 5) is 12.7. The molecule has 0 heterocycles. The van der Waals surface area contributed by atoms with E-state index < -0.39 is 4.92 Å². The van der Waals surface area contributed by atoms with Gasteiger partial charge in [-0.1, -0.05) is 25.3 Å². The van der Waals surface area contributed by atoms with Crippen molar-refractivity contribution in [1.82, 2.24) is 4.90 Å². The minimum atomic E-state index is -0.426. The van der Waals surface area contributed by atoms with Crippen LogP contribution < -0.4 is 11.3 Å². The number of nitro groups is 1. The molecule has 1 saturated carbocycles. The van der Waals surface area contributed by atoms with Crippen LogP contribution in [-0.2, 0) is 6.54 Å². The second kappa shape index (κ2) is 7.38. The molecule has 1 aromatic rings. The maximum atomic E-state index is 10.9. The largest absolute Gasteiger partial charge is 0.318 e. The standard InChI is InChI=1S/C15H24N4O2/c1-18(10-12-5-3-2-4-6-12)11-13-7-8-15(19(20)21)14(9-13)17-16/h7-9,12,17H,2-6,10-11,16H2,1H3. The Balaban J connectivity index is 1.96. The monoisotopic (exact) mass is 292 g/mol. The maximum Gasteiger partial charge on any atom is 0.293 e. The zero-order valence-corrected chi connectivity index (χ0v) is 12.5. The molecule has 1 aromatic carbocycles. The van der Waals surface area contributed by atoms with Gasteiger partial charge in [0.15, 0.2) is 0 Å². The second-order valence-corrected chi connectivity index (χ2v) is 5.95. The summed E-state index contributed by atoms with van der Waals surface area (Å²) in [7, 11) is 2.10. The van der Waals surface area contributed by atoms with Crippen molar-refractivity contribution in [2.24, 2.45) is 11.8 Å². The van der Waals surface area contributed by atoms with Gasteiger partial charge in [0, 0.05) is 19.2 Å². The van der Waals surface area contributed by atoms with Gasteiger partial charge in [-0.3, -0.25) is 16.0 Å². The Hall–Kier alpha value is -1.66. The van der Waals surface area contributed by atoms with Crippen LogP contribution >= 0.6 is 0 Å². The summed E-state index contributed by atoms with van der Waals surface area (Å²) in [6.07, 6.45) is 6.70. The highest BCUT2D eigenvalue weighted by atomic mass is 16.6. The van der Waals surface area contributed by atoms with E-state index in [0.29, 0.717) is 5.69 Å². The van der Waals surface area contributed by atoms with Crippen LogP contribution in [0.25, 0.3) is 0 Å². The normalized spacial score (nSPS) is 16.1. The van der Waals surface area contributed by atoms with E-state index in [9.17, 15) is 10.1 Å². The van der Waals surface area contributed by atoms with Crippen molar-refractivity contribution < 1.29 is 4.92 Å². The van der Waals surface area contributed by atoms with Crippen LogP contribution in [0.15, 0.2) is 18.2 Å². The van der Waals surface area contributed by atoms with E-state index >= 15 is 0 Å². The van der Waals surface area contributed by atoms with Crippen molar-refractivity contribution in [3.8, 4) is 0 Å². The molecule has 0 unspecified atom stereocenters. The Morgan fingerprint density at radius 2 is 2.10 bits per heavy atom. The third kappa shape index (κ3) is 4.41. The molecule has 0 aliphatic heterocycles. The Morgan fingerprint density at radius 1 is 1.38 bits per heavy atom. The van der Waals surface area contributed by atoms with E-state index in [1.54, 1.807) is 12.1 Å². The fourth-order valence-corrected chi connectivity index (χ4v) is 3.14. The van der Waals surface area contributed by atoms with Crippen molar-refractivity contribution in [3.05, 3.63) is 33.9 Å². The lowest BCUT2D eigenvalue weighted by molar-refractivity contribution is -0.384. The van der Waals surface area contributed by atoms with E-state index in [4.69, 9.17) is 5.84 Å². The molecule has 6 heteroatoms. The summed E-state index contributed by atoms with van der Waals surface area (Å²) in [5.74, 6) is 6.16. The molecule has 0 aromatic heterocycles. The molecule has 1 aliphatic rings. The van der Waals surface area contributed by atoms with Crippen LogP contribution in [0.3, 0.4) is 0 Å². The minimum Gasteiger partial charge on any atom is -0.318 e. The van der Waals surface area contributed by atoms with Gasteiger partial charge in [-0.15, -0.1) is 0 Å². The Morgan fingerprint density at radius 3 is 2.71 bits per heavy atom. The predicted octanol–water partition coefficient (Wildman–Crippen LogP) is 2.89. The number of benzene rings is 1. The molecular formula is C15H24N4O2. The average molecular weight is 292 g/mol. The number of nitrogen functional groups attached to an aromatic ring is 1. The third-order valence-corrected chi connectivity index (χ3v) is 4.16. The lowest BCUT2D eigenvalue weighted by Crippen LogP contribution is -2.26. The fraction of sp³-hybridized carbons (Fsp3) is 0.600. The lowest BCUT2D eigenvalue weighted by Gasteiger charge is -2.27. The van der Waals surface area contributed by atoms with Gasteiger partial charge in [0.2, 0.25) is 0 Å². The van der Waals surface area contributed by atoms with E-state index in [-0.39, 0.29) is 5.69 Å². The molecule has 21 heavy (non-hydrogen) atoms. The first kappa shape index (κ1) is 15.7. The number of nitrogens with zero attached hydrogens (tertiary/aromatic N) is 2. The molecule has 0 bridgehead atoms.